The fourth-order valence-corrected chi connectivity index (χ4v) is 9.78. The van der Waals surface area contributed by atoms with Crippen LogP contribution >= 0.6 is 0 Å². The molecule has 9 rings (SSSR count). The first-order valence-corrected chi connectivity index (χ1v) is 25.5. The summed E-state index contributed by atoms with van der Waals surface area (Å²) in [6, 6.07) is 55.8. The fourth-order valence-electron chi connectivity index (χ4n) is 9.78. The van der Waals surface area contributed by atoms with E-state index >= 15 is 0 Å². The number of fused-ring (bicyclic) bond motifs is 1. The number of phenols is 1. The smallest absolute Gasteiger partial charge is 0.148 e. The maximum absolute atomic E-state index is 12.6. The van der Waals surface area contributed by atoms with Crippen LogP contribution in [0.3, 0.4) is 0 Å². The van der Waals surface area contributed by atoms with Crippen molar-refractivity contribution in [3.05, 3.63) is 192 Å². The second-order valence-electron chi connectivity index (χ2n) is 24.9. The number of nitrogens with zero attached hydrogens (tertiary/aromatic N) is 3. The summed E-state index contributed by atoms with van der Waals surface area (Å²) in [6.45, 7) is 33.3. The third kappa shape index (κ3) is 10.7. The quantitative estimate of drug-likeness (QED) is 0.162. The van der Waals surface area contributed by atoms with Gasteiger partial charge in [0.2, 0.25) is 0 Å². The largest absolute Gasteiger partial charge is 0.507 e. The van der Waals surface area contributed by atoms with Crippen molar-refractivity contribution in [2.75, 3.05) is 0 Å². The number of aromatic hydroxyl groups is 1. The first-order chi connectivity index (χ1) is 34.2. The first kappa shape index (κ1) is 51.5. The van der Waals surface area contributed by atoms with Gasteiger partial charge in [-0.25, -0.2) is 4.98 Å². The molecule has 7 aromatic carbocycles. The Hall–Kier alpha value is -6.35. The number of hydrogen-bond acceptors (Lipinski definition) is 3. The Morgan fingerprint density at radius 2 is 1.03 bits per heavy atom. The number of imidazole rings is 1. The summed E-state index contributed by atoms with van der Waals surface area (Å²) in [5.74, 6) is 0.883. The molecule has 2 aromatic heterocycles. The molecule has 0 bridgehead atoms. The van der Waals surface area contributed by atoms with Crippen molar-refractivity contribution in [1.29, 1.82) is 0 Å². The van der Waals surface area contributed by atoms with Crippen molar-refractivity contribution in [3.8, 4) is 78.6 Å². The Bertz CT molecular complexity index is 3530. The van der Waals surface area contributed by atoms with Crippen LogP contribution in [-0.4, -0.2) is 19.6 Å². The van der Waals surface area contributed by atoms with E-state index in [1.165, 1.54) is 16.7 Å². The second-order valence-corrected chi connectivity index (χ2v) is 24.9. The number of hydrogen-bond donors (Lipinski definition) is 1. The van der Waals surface area contributed by atoms with Crippen LogP contribution in [0.2, 0.25) is 0 Å². The van der Waals surface area contributed by atoms with Gasteiger partial charge in [-0.3, -0.25) is 9.55 Å². The van der Waals surface area contributed by atoms with Crippen LogP contribution < -0.4 is 0 Å². The number of pyridine rings is 1. The molecule has 0 spiro atoms. The Kier molecular flexibility index (Phi) is 13.8. The molecule has 2 heterocycles. The van der Waals surface area contributed by atoms with Crippen molar-refractivity contribution in [2.45, 2.75) is 131 Å². The summed E-state index contributed by atoms with van der Waals surface area (Å²) in [4.78, 5) is 10.6. The molecule has 1 N–H and O–H groups in total. The molecule has 4 nitrogen and oxygen atoms in total. The predicted octanol–water partition coefficient (Wildman–Crippen LogP) is 18.4. The molecule has 376 valence electrons. The van der Waals surface area contributed by atoms with Crippen LogP contribution in [0.4, 0.5) is 0 Å². The Morgan fingerprint density at radius 3 is 1.67 bits per heavy atom. The first-order valence-electron chi connectivity index (χ1n) is 26.0. The third-order valence-electron chi connectivity index (χ3n) is 14.1. The van der Waals surface area contributed by atoms with E-state index in [1.54, 1.807) is 0 Å². The van der Waals surface area contributed by atoms with E-state index in [2.05, 4.69) is 254 Å². The van der Waals surface area contributed by atoms with Gasteiger partial charge in [-0.1, -0.05) is 224 Å². The maximum atomic E-state index is 12.6. The minimum atomic E-state index is -0.353. The summed E-state index contributed by atoms with van der Waals surface area (Å²) in [7, 11) is 0. The molecule has 0 saturated carbocycles. The van der Waals surface area contributed by atoms with Crippen LogP contribution in [0.25, 0.3) is 83.9 Å². The number of aromatic nitrogens is 3. The van der Waals surface area contributed by atoms with Gasteiger partial charge in [0.1, 0.15) is 11.6 Å². The zero-order valence-corrected chi connectivity index (χ0v) is 47.8. The van der Waals surface area contributed by atoms with E-state index in [4.69, 9.17) is 9.97 Å². The summed E-state index contributed by atoms with van der Waals surface area (Å²) >= 11 is 0. The normalized spacial score (nSPS) is 12.7. The summed E-state index contributed by atoms with van der Waals surface area (Å²) in [5.41, 5.74) is 17.4. The van der Waals surface area contributed by atoms with Gasteiger partial charge in [-0.15, -0.1) is 29.3 Å². The van der Waals surface area contributed by atoms with E-state index < -0.39 is 0 Å². The molecule has 9 aromatic rings. The van der Waals surface area contributed by atoms with Crippen LogP contribution in [-0.2, 0) is 48.1 Å². The van der Waals surface area contributed by atoms with Crippen molar-refractivity contribution in [2.24, 2.45) is 0 Å². The van der Waals surface area contributed by atoms with Gasteiger partial charge in [-0.2, -0.15) is 0 Å². The number of rotatable bonds is 7. The molecule has 0 atom stereocenters. The molecular weight excluding hydrogens is 1070 g/mol. The molecule has 0 saturated heterocycles. The van der Waals surface area contributed by atoms with E-state index in [0.717, 1.165) is 77.9 Å². The molecule has 0 unspecified atom stereocenters. The van der Waals surface area contributed by atoms with Crippen molar-refractivity contribution in [3.63, 3.8) is 0 Å². The van der Waals surface area contributed by atoms with E-state index in [1.807, 2.05) is 12.3 Å². The minimum absolute atomic E-state index is 0. The van der Waals surface area contributed by atoms with Crippen molar-refractivity contribution < 1.29 is 27.5 Å². The van der Waals surface area contributed by atoms with Gasteiger partial charge in [0.25, 0.3) is 0 Å². The van der Waals surface area contributed by atoms with Gasteiger partial charge >= 0.3 is 0 Å². The monoisotopic (exact) mass is 1140 g/mol. The number of benzene rings is 7. The number of para-hydroxylation sites is 1. The van der Waals surface area contributed by atoms with Crippen molar-refractivity contribution in [1.82, 2.24) is 14.5 Å². The zero-order chi connectivity index (χ0) is 52.6. The van der Waals surface area contributed by atoms with Crippen LogP contribution in [0.5, 0.6) is 5.75 Å². The van der Waals surface area contributed by atoms with Gasteiger partial charge in [-0.05, 0) is 102 Å². The average Bonchev–Trinajstić information content (AvgIpc) is 3.72. The minimum Gasteiger partial charge on any atom is -0.507 e. The molecule has 0 amide bonds. The maximum Gasteiger partial charge on any atom is 0.148 e. The SMILES string of the molecule is [2H]c1c(-c2ccc(-c3ccccc3C(C)(C)C)cc2)ccnc1-c1[c-]c(-c2cccc3c2nc(-c2cc(C(C)(C)C)cc(C(C)(C)C)c2O)n3-c2ccc(C(C)(C)C)cc2-c2ccccc2)cc(C(C)(C)C)c1.[Pt]. The molecular formula is C68H72N3OPt-. The predicted molar refractivity (Wildman–Crippen MR) is 305 cm³/mol. The van der Waals surface area contributed by atoms with E-state index in [9.17, 15) is 6.48 Å². The molecule has 0 aliphatic carbocycles. The third-order valence-corrected chi connectivity index (χ3v) is 14.1. The standard InChI is InChI=1S/C68H72N3O.Pt/c1-64(2,3)49-32-33-59(54(40-49)44-22-17-16-18-23-44)71-60-27-21-25-53(61(60)70-63(71)55-41-51(66(7,8)9)42-57(62(55)72)68(13,14)15)47-36-48(38-50(37-47)65(4,5)6)58-39-46(34-35-69-58)43-28-30-45(31-29-43)52-24-19-20-26-56(52)67(10,11)12;/h16-35,37-42,72H,1-15H3;/q-1;/i39D;. The van der Waals surface area contributed by atoms with Crippen LogP contribution in [0.15, 0.2) is 158 Å². The molecule has 5 heteroatoms. The Labute approximate surface area is 451 Å². The molecule has 0 fully saturated rings. The number of phenolic OH excluding ortho intramolecular Hbond substituents is 1. The second kappa shape index (κ2) is 19.5. The van der Waals surface area contributed by atoms with Gasteiger partial charge in [0.15, 0.2) is 0 Å². The fraction of sp³-hybridized carbons (Fsp3) is 0.294. The van der Waals surface area contributed by atoms with E-state index in [-0.39, 0.29) is 53.9 Å². The van der Waals surface area contributed by atoms with Crippen LogP contribution in [0, 0.1) is 6.07 Å². The summed E-state index contributed by atoms with van der Waals surface area (Å²) < 4.78 is 12.0. The van der Waals surface area contributed by atoms with Gasteiger partial charge in [0.05, 0.1) is 23.7 Å². The van der Waals surface area contributed by atoms with Crippen LogP contribution in [0.1, 0.15) is 133 Å². The van der Waals surface area contributed by atoms with E-state index in [0.29, 0.717) is 23.1 Å². The topological polar surface area (TPSA) is 50.9 Å². The molecule has 73 heavy (non-hydrogen) atoms. The zero-order valence-electron chi connectivity index (χ0n) is 46.5. The van der Waals surface area contributed by atoms with Gasteiger partial charge in [0, 0.05) is 44.1 Å². The van der Waals surface area contributed by atoms with Crippen molar-refractivity contribution >= 4 is 11.0 Å². The molecule has 0 aliphatic rings. The Balaban J connectivity index is 0.00000729. The molecule has 0 aliphatic heterocycles. The Morgan fingerprint density at radius 1 is 0.466 bits per heavy atom. The summed E-state index contributed by atoms with van der Waals surface area (Å²) in [6.07, 6.45) is 1.82. The average molecular weight is 1140 g/mol. The van der Waals surface area contributed by atoms with Gasteiger partial charge < -0.3 is 5.11 Å². The molecule has 0 radical (unpaired) electrons. The summed E-state index contributed by atoms with van der Waals surface area (Å²) in [5, 5.41) is 12.6.